The van der Waals surface area contributed by atoms with Crippen LogP contribution in [0, 0.1) is 11.8 Å². The number of thiophene rings is 1. The topological polar surface area (TPSA) is 78.5 Å². The Morgan fingerprint density at radius 1 is 1.30 bits per heavy atom. The fourth-order valence-electron chi connectivity index (χ4n) is 3.93. The molecule has 154 valence electrons. The summed E-state index contributed by atoms with van der Waals surface area (Å²) in [6.07, 6.45) is 4.27. The van der Waals surface area contributed by atoms with E-state index < -0.39 is 10.0 Å². The fraction of sp³-hybridized carbons (Fsp3) is 0.722. The molecule has 1 aromatic rings. The Hall–Kier alpha value is -0.670. The second kappa shape index (κ2) is 10.2. The number of piperidine rings is 2. The Labute approximate surface area is 172 Å². The number of nitrogens with zero attached hydrogens (tertiary/aromatic N) is 1. The Balaban J connectivity index is 0.00000261. The van der Waals surface area contributed by atoms with E-state index in [2.05, 4.69) is 17.0 Å². The lowest BCUT2D eigenvalue weighted by Gasteiger charge is -2.34. The van der Waals surface area contributed by atoms with Gasteiger partial charge in [0.2, 0.25) is 15.9 Å². The van der Waals surface area contributed by atoms with Crippen molar-refractivity contribution in [3.05, 3.63) is 17.5 Å². The van der Waals surface area contributed by atoms with Crippen molar-refractivity contribution in [1.29, 1.82) is 0 Å². The van der Waals surface area contributed by atoms with Gasteiger partial charge in [0.25, 0.3) is 0 Å². The third-order valence-electron chi connectivity index (χ3n) is 5.61. The lowest BCUT2D eigenvalue weighted by Crippen LogP contribution is -2.46. The highest BCUT2D eigenvalue weighted by atomic mass is 35.5. The lowest BCUT2D eigenvalue weighted by molar-refractivity contribution is -0.133. The molecule has 0 aromatic carbocycles. The zero-order valence-electron chi connectivity index (χ0n) is 15.7. The molecule has 6 nitrogen and oxygen atoms in total. The predicted octanol–water partition coefficient (Wildman–Crippen LogP) is 2.47. The highest BCUT2D eigenvalue weighted by Crippen LogP contribution is 2.26. The van der Waals surface area contributed by atoms with Crippen LogP contribution in [0.2, 0.25) is 0 Å². The summed E-state index contributed by atoms with van der Waals surface area (Å²) >= 11 is 1.22. The smallest absolute Gasteiger partial charge is 0.250 e. The molecule has 27 heavy (non-hydrogen) atoms. The van der Waals surface area contributed by atoms with Gasteiger partial charge in [-0.3, -0.25) is 4.79 Å². The molecule has 1 unspecified atom stereocenters. The molecular formula is C18H30ClN3O3S2. The van der Waals surface area contributed by atoms with Crippen molar-refractivity contribution in [1.82, 2.24) is 14.9 Å². The molecule has 2 aliphatic rings. The molecule has 0 aliphatic carbocycles. The summed E-state index contributed by atoms with van der Waals surface area (Å²) in [6, 6.07) is 3.27. The van der Waals surface area contributed by atoms with Gasteiger partial charge in [0.05, 0.1) is 0 Å². The van der Waals surface area contributed by atoms with Crippen molar-refractivity contribution in [3.8, 4) is 0 Å². The van der Waals surface area contributed by atoms with Crippen LogP contribution in [-0.4, -0.2) is 51.4 Å². The Kier molecular flexibility index (Phi) is 8.55. The van der Waals surface area contributed by atoms with Crippen LogP contribution in [0.4, 0.5) is 0 Å². The van der Waals surface area contributed by atoms with Crippen LogP contribution in [0.15, 0.2) is 21.7 Å². The first kappa shape index (κ1) is 22.6. The minimum Gasteiger partial charge on any atom is -0.343 e. The number of amides is 1. The lowest BCUT2D eigenvalue weighted by atomic mass is 9.84. The first-order chi connectivity index (χ1) is 12.5. The molecule has 2 N–H and O–H groups in total. The van der Waals surface area contributed by atoms with Crippen LogP contribution in [0.3, 0.4) is 0 Å². The molecule has 2 fully saturated rings. The molecule has 0 saturated carbocycles. The zero-order chi connectivity index (χ0) is 18.6. The van der Waals surface area contributed by atoms with Crippen molar-refractivity contribution in [3.63, 3.8) is 0 Å². The first-order valence-corrected chi connectivity index (χ1v) is 11.9. The van der Waals surface area contributed by atoms with Crippen LogP contribution in [0.1, 0.15) is 39.0 Å². The maximum atomic E-state index is 12.6. The van der Waals surface area contributed by atoms with Gasteiger partial charge in [-0.2, -0.15) is 0 Å². The van der Waals surface area contributed by atoms with E-state index in [0.717, 1.165) is 25.9 Å². The Bertz CT molecular complexity index is 683. The number of carbonyl (C=O) groups is 1. The molecule has 1 amide bonds. The second-order valence-corrected chi connectivity index (χ2v) is 10.4. The normalized spacial score (nSPS) is 20.9. The van der Waals surface area contributed by atoms with Crippen LogP contribution >= 0.6 is 23.7 Å². The van der Waals surface area contributed by atoms with Gasteiger partial charge < -0.3 is 10.2 Å². The van der Waals surface area contributed by atoms with Crippen LogP contribution in [0.5, 0.6) is 0 Å². The number of halogens is 1. The molecule has 0 spiro atoms. The van der Waals surface area contributed by atoms with Crippen molar-refractivity contribution >= 4 is 39.7 Å². The minimum atomic E-state index is -3.43. The Morgan fingerprint density at radius 3 is 2.56 bits per heavy atom. The molecule has 2 aliphatic heterocycles. The predicted molar refractivity (Wildman–Crippen MR) is 111 cm³/mol. The van der Waals surface area contributed by atoms with Crippen molar-refractivity contribution in [2.24, 2.45) is 11.8 Å². The van der Waals surface area contributed by atoms with E-state index >= 15 is 0 Å². The summed E-state index contributed by atoms with van der Waals surface area (Å²) in [5.41, 5.74) is 0. The van der Waals surface area contributed by atoms with E-state index in [1.165, 1.54) is 11.3 Å². The number of nitrogens with one attached hydrogen (secondary N) is 2. The Morgan fingerprint density at radius 2 is 1.96 bits per heavy atom. The molecule has 0 bridgehead atoms. The maximum Gasteiger partial charge on any atom is 0.250 e. The number of rotatable bonds is 6. The number of sulfonamides is 1. The molecule has 2 saturated heterocycles. The minimum absolute atomic E-state index is 0. The van der Waals surface area contributed by atoms with Gasteiger partial charge in [0.1, 0.15) is 4.21 Å². The number of carbonyl (C=O) groups excluding carboxylic acids is 1. The van der Waals surface area contributed by atoms with Crippen LogP contribution < -0.4 is 10.0 Å². The van der Waals surface area contributed by atoms with Gasteiger partial charge in [0.15, 0.2) is 0 Å². The summed E-state index contributed by atoms with van der Waals surface area (Å²) in [4.78, 5) is 14.5. The van der Waals surface area contributed by atoms with Crippen LogP contribution in [0.25, 0.3) is 0 Å². The first-order valence-electron chi connectivity index (χ1n) is 9.50. The maximum absolute atomic E-state index is 12.6. The summed E-state index contributed by atoms with van der Waals surface area (Å²) in [5, 5.41) is 5.13. The van der Waals surface area contributed by atoms with Gasteiger partial charge in [-0.25, -0.2) is 13.1 Å². The molecule has 0 radical (unpaired) electrons. The van der Waals surface area contributed by atoms with Crippen LogP contribution in [-0.2, 0) is 14.8 Å². The highest BCUT2D eigenvalue weighted by Gasteiger charge is 2.29. The molecule has 1 atom stereocenters. The monoisotopic (exact) mass is 435 g/mol. The fourth-order valence-corrected chi connectivity index (χ4v) is 6.24. The molecule has 9 heteroatoms. The number of hydrogen-bond acceptors (Lipinski definition) is 5. The third-order valence-corrected chi connectivity index (χ3v) is 8.53. The average Bonchev–Trinajstić information content (AvgIpc) is 3.18. The average molecular weight is 436 g/mol. The van der Waals surface area contributed by atoms with Gasteiger partial charge in [0, 0.05) is 25.6 Å². The number of hydrogen-bond donors (Lipinski definition) is 2. The molecule has 1 aromatic heterocycles. The standard InChI is InChI=1S/C18H29N3O3S2.ClH/c1-14(15-4-8-19-9-5-15)13-17(22)21-10-6-16(7-11-21)20-26(23,24)18-3-2-12-25-18;/h2-3,12,14-16,19-20H,4-11,13H2,1H3;1H. The summed E-state index contributed by atoms with van der Waals surface area (Å²) in [6.45, 7) is 5.57. The van der Waals surface area contributed by atoms with Gasteiger partial charge in [-0.15, -0.1) is 23.7 Å². The SMILES string of the molecule is CC(CC(=O)N1CCC(NS(=O)(=O)c2cccs2)CC1)C1CCNCC1.Cl. The van der Waals surface area contributed by atoms with E-state index in [9.17, 15) is 13.2 Å². The number of likely N-dealkylation sites (tertiary alicyclic amines) is 1. The molecule has 3 heterocycles. The van der Waals surface area contributed by atoms with E-state index in [-0.39, 0.29) is 24.4 Å². The zero-order valence-corrected chi connectivity index (χ0v) is 18.2. The summed E-state index contributed by atoms with van der Waals surface area (Å²) in [5.74, 6) is 1.27. The van der Waals surface area contributed by atoms with Crippen molar-refractivity contribution < 1.29 is 13.2 Å². The summed E-state index contributed by atoms with van der Waals surface area (Å²) in [7, 11) is -3.43. The van der Waals surface area contributed by atoms with Gasteiger partial charge in [-0.1, -0.05) is 13.0 Å². The summed E-state index contributed by atoms with van der Waals surface area (Å²) < 4.78 is 27.8. The van der Waals surface area contributed by atoms with E-state index in [4.69, 9.17) is 0 Å². The van der Waals surface area contributed by atoms with E-state index in [1.807, 2.05) is 4.90 Å². The third kappa shape index (κ3) is 6.15. The van der Waals surface area contributed by atoms with E-state index in [0.29, 0.717) is 48.4 Å². The molecular weight excluding hydrogens is 406 g/mol. The van der Waals surface area contributed by atoms with Crippen molar-refractivity contribution in [2.45, 2.75) is 49.3 Å². The largest absolute Gasteiger partial charge is 0.343 e. The second-order valence-electron chi connectivity index (χ2n) is 7.48. The van der Waals surface area contributed by atoms with Crippen molar-refractivity contribution in [2.75, 3.05) is 26.2 Å². The molecule has 3 rings (SSSR count). The quantitative estimate of drug-likeness (QED) is 0.719. The highest BCUT2D eigenvalue weighted by molar-refractivity contribution is 7.91. The van der Waals surface area contributed by atoms with Gasteiger partial charge in [-0.05, 0) is 62.1 Å². The van der Waals surface area contributed by atoms with Gasteiger partial charge >= 0.3 is 0 Å². The van der Waals surface area contributed by atoms with E-state index in [1.54, 1.807) is 17.5 Å².